The summed E-state index contributed by atoms with van der Waals surface area (Å²) in [6, 6.07) is 2.72. The van der Waals surface area contributed by atoms with Gasteiger partial charge in [0.25, 0.3) is 0 Å². The van der Waals surface area contributed by atoms with Crippen molar-refractivity contribution in [3.8, 4) is 0 Å². The Bertz CT molecular complexity index is 358. The van der Waals surface area contributed by atoms with Crippen molar-refractivity contribution in [3.63, 3.8) is 0 Å². The molecule has 5 heteroatoms. The average molecular weight is 397 g/mol. The van der Waals surface area contributed by atoms with Crippen molar-refractivity contribution in [2.45, 2.75) is 32.2 Å². The third-order valence-corrected chi connectivity index (χ3v) is 6.74. The van der Waals surface area contributed by atoms with E-state index in [0.717, 1.165) is 30.1 Å². The number of halogens is 2. The lowest BCUT2D eigenvalue weighted by Crippen LogP contribution is -2.25. The van der Waals surface area contributed by atoms with Crippen LogP contribution in [0.25, 0.3) is 0 Å². The summed E-state index contributed by atoms with van der Waals surface area (Å²) in [5.74, 6) is 0.794. The smallest absolute Gasteiger partial charge is 0.0843 e. The zero-order valence-corrected chi connectivity index (χ0v) is 14.5. The summed E-state index contributed by atoms with van der Waals surface area (Å²) in [6.45, 7) is 5.05. The molecule has 1 unspecified atom stereocenters. The summed E-state index contributed by atoms with van der Waals surface area (Å²) in [5, 5.41) is 3.61. The van der Waals surface area contributed by atoms with Gasteiger partial charge in [0, 0.05) is 28.6 Å². The molecule has 1 N–H and O–H groups in total. The maximum absolute atomic E-state index is 5.44. The van der Waals surface area contributed by atoms with Crippen LogP contribution in [-0.2, 0) is 4.74 Å². The highest BCUT2D eigenvalue weighted by Crippen LogP contribution is 2.38. The minimum atomic E-state index is 0.477. The summed E-state index contributed by atoms with van der Waals surface area (Å²) in [6.07, 6.45) is 3.63. The third-order valence-electron chi connectivity index (χ3n) is 3.37. The van der Waals surface area contributed by atoms with E-state index in [1.165, 1.54) is 27.9 Å². The largest absolute Gasteiger partial charge is 0.381 e. The predicted molar refractivity (Wildman–Crippen MR) is 84.3 cm³/mol. The molecule has 102 valence electrons. The molecule has 1 aromatic rings. The second kappa shape index (κ2) is 7.39. The van der Waals surface area contributed by atoms with Crippen LogP contribution in [0.5, 0.6) is 0 Å². The molecule has 1 aliphatic rings. The van der Waals surface area contributed by atoms with E-state index in [1.807, 2.05) is 11.3 Å². The van der Waals surface area contributed by atoms with E-state index in [2.05, 4.69) is 50.2 Å². The first-order chi connectivity index (χ1) is 8.70. The van der Waals surface area contributed by atoms with Crippen LogP contribution >= 0.6 is 43.2 Å². The Morgan fingerprint density at radius 1 is 1.44 bits per heavy atom. The number of ether oxygens (including phenoxy) is 1. The Morgan fingerprint density at radius 3 is 2.72 bits per heavy atom. The molecule has 2 nitrogen and oxygen atoms in total. The second-order valence-electron chi connectivity index (χ2n) is 4.67. The molecule has 0 saturated carbocycles. The van der Waals surface area contributed by atoms with Gasteiger partial charge in [-0.3, -0.25) is 0 Å². The molecule has 2 heterocycles. The maximum atomic E-state index is 5.44. The minimum absolute atomic E-state index is 0.477. The molecule has 2 rings (SSSR count). The first kappa shape index (κ1) is 15.0. The average Bonchev–Trinajstić information content (AvgIpc) is 2.70. The SMILES string of the molecule is CCNC(CC1CCOCC1)c1cc(Br)c(Br)s1. The highest BCUT2D eigenvalue weighted by molar-refractivity contribution is 9.13. The van der Waals surface area contributed by atoms with E-state index < -0.39 is 0 Å². The first-order valence-corrected chi connectivity index (χ1v) is 8.86. The first-order valence-electron chi connectivity index (χ1n) is 6.46. The van der Waals surface area contributed by atoms with Gasteiger partial charge in [-0.2, -0.15) is 0 Å². The Balaban J connectivity index is 2.02. The van der Waals surface area contributed by atoms with E-state index in [1.54, 1.807) is 0 Å². The molecular formula is C13H19Br2NOS. The maximum Gasteiger partial charge on any atom is 0.0843 e. The Hall–Kier alpha value is 0.580. The van der Waals surface area contributed by atoms with Crippen molar-refractivity contribution in [2.24, 2.45) is 5.92 Å². The summed E-state index contributed by atoms with van der Waals surface area (Å²) in [4.78, 5) is 1.42. The summed E-state index contributed by atoms with van der Waals surface area (Å²) >= 11 is 8.99. The van der Waals surface area contributed by atoms with E-state index >= 15 is 0 Å². The molecule has 1 atom stereocenters. The highest BCUT2D eigenvalue weighted by Gasteiger charge is 2.21. The minimum Gasteiger partial charge on any atom is -0.381 e. The van der Waals surface area contributed by atoms with Gasteiger partial charge in [-0.1, -0.05) is 6.92 Å². The van der Waals surface area contributed by atoms with Crippen molar-refractivity contribution >= 4 is 43.2 Å². The van der Waals surface area contributed by atoms with Crippen LogP contribution in [0.2, 0.25) is 0 Å². The van der Waals surface area contributed by atoms with E-state index in [-0.39, 0.29) is 0 Å². The van der Waals surface area contributed by atoms with Gasteiger partial charge < -0.3 is 10.1 Å². The van der Waals surface area contributed by atoms with Crippen LogP contribution in [0.4, 0.5) is 0 Å². The standard InChI is InChI=1S/C13H19Br2NOS/c1-2-16-11(7-9-3-5-17-6-4-9)12-8-10(14)13(15)18-12/h8-9,11,16H,2-7H2,1H3. The summed E-state index contributed by atoms with van der Waals surface area (Å²) < 4.78 is 7.79. The summed E-state index contributed by atoms with van der Waals surface area (Å²) in [5.41, 5.74) is 0. The molecule has 1 fully saturated rings. The van der Waals surface area contributed by atoms with Gasteiger partial charge in [-0.05, 0) is 69.7 Å². The Morgan fingerprint density at radius 2 is 2.17 bits per heavy atom. The lowest BCUT2D eigenvalue weighted by molar-refractivity contribution is 0.0607. The van der Waals surface area contributed by atoms with Crippen molar-refractivity contribution in [1.82, 2.24) is 5.32 Å². The zero-order valence-electron chi connectivity index (χ0n) is 10.5. The lowest BCUT2D eigenvalue weighted by Gasteiger charge is -2.26. The zero-order chi connectivity index (χ0) is 13.0. The van der Waals surface area contributed by atoms with Crippen LogP contribution in [0, 0.1) is 5.92 Å². The van der Waals surface area contributed by atoms with E-state index in [9.17, 15) is 0 Å². The van der Waals surface area contributed by atoms with Crippen LogP contribution in [0.15, 0.2) is 14.3 Å². The number of nitrogens with one attached hydrogen (secondary N) is 1. The van der Waals surface area contributed by atoms with Gasteiger partial charge in [0.1, 0.15) is 0 Å². The van der Waals surface area contributed by atoms with Crippen LogP contribution in [0.3, 0.4) is 0 Å². The quantitative estimate of drug-likeness (QED) is 0.775. The second-order valence-corrected chi connectivity index (χ2v) is 7.93. The molecule has 1 saturated heterocycles. The topological polar surface area (TPSA) is 21.3 Å². The monoisotopic (exact) mass is 395 g/mol. The molecule has 1 aliphatic heterocycles. The molecule has 1 aromatic heterocycles. The van der Waals surface area contributed by atoms with Gasteiger partial charge in [0.05, 0.1) is 3.79 Å². The fraction of sp³-hybridized carbons (Fsp3) is 0.692. The van der Waals surface area contributed by atoms with Crippen molar-refractivity contribution in [3.05, 3.63) is 19.2 Å². The lowest BCUT2D eigenvalue weighted by atomic mass is 9.92. The van der Waals surface area contributed by atoms with Crippen molar-refractivity contribution < 1.29 is 4.74 Å². The van der Waals surface area contributed by atoms with Crippen LogP contribution < -0.4 is 5.32 Å². The molecule has 18 heavy (non-hydrogen) atoms. The Labute approximate surface area is 130 Å². The molecule has 0 aromatic carbocycles. The fourth-order valence-corrected chi connectivity index (χ4v) is 4.58. The third kappa shape index (κ3) is 4.04. The van der Waals surface area contributed by atoms with Crippen LogP contribution in [0.1, 0.15) is 37.1 Å². The van der Waals surface area contributed by atoms with Gasteiger partial charge in [-0.15, -0.1) is 11.3 Å². The molecule has 0 spiro atoms. The van der Waals surface area contributed by atoms with E-state index in [0.29, 0.717) is 6.04 Å². The fourth-order valence-electron chi connectivity index (χ4n) is 2.40. The van der Waals surface area contributed by atoms with Gasteiger partial charge in [-0.25, -0.2) is 0 Å². The normalized spacial score (nSPS) is 19.1. The number of thiophene rings is 1. The van der Waals surface area contributed by atoms with E-state index in [4.69, 9.17) is 4.74 Å². The molecule has 0 amide bonds. The number of rotatable bonds is 5. The molecular weight excluding hydrogens is 378 g/mol. The van der Waals surface area contributed by atoms with Crippen molar-refractivity contribution in [1.29, 1.82) is 0 Å². The molecule has 0 bridgehead atoms. The summed E-state index contributed by atoms with van der Waals surface area (Å²) in [7, 11) is 0. The number of hydrogen-bond donors (Lipinski definition) is 1. The van der Waals surface area contributed by atoms with Gasteiger partial charge in [0.2, 0.25) is 0 Å². The van der Waals surface area contributed by atoms with Gasteiger partial charge >= 0.3 is 0 Å². The van der Waals surface area contributed by atoms with Gasteiger partial charge in [0.15, 0.2) is 0 Å². The van der Waals surface area contributed by atoms with Crippen LogP contribution in [-0.4, -0.2) is 19.8 Å². The molecule has 0 radical (unpaired) electrons. The number of hydrogen-bond acceptors (Lipinski definition) is 3. The highest BCUT2D eigenvalue weighted by atomic mass is 79.9. The Kier molecular flexibility index (Phi) is 6.15. The molecule has 0 aliphatic carbocycles. The predicted octanol–water partition coefficient (Wildman–Crippen LogP) is 4.74. The van der Waals surface area contributed by atoms with Crippen molar-refractivity contribution in [2.75, 3.05) is 19.8 Å².